The molecule has 13 heteroatoms. The summed E-state index contributed by atoms with van der Waals surface area (Å²) in [6.45, 7) is -0.248. The molecule has 0 aliphatic rings. The van der Waals surface area contributed by atoms with Crippen molar-refractivity contribution < 1.29 is 26.8 Å². The van der Waals surface area contributed by atoms with Crippen molar-refractivity contribution in [3.63, 3.8) is 0 Å². The number of benzene rings is 2. The second kappa shape index (κ2) is 8.10. The van der Waals surface area contributed by atoms with Gasteiger partial charge in [0.15, 0.2) is 0 Å². The molecule has 0 bridgehead atoms. The summed E-state index contributed by atoms with van der Waals surface area (Å²) < 4.78 is 64.9. The van der Waals surface area contributed by atoms with Crippen LogP contribution < -0.4 is 10.4 Å². The normalized spacial score (nSPS) is 11.8. The number of rotatable bonds is 5. The molecular weight excluding hydrogens is 460 g/mol. The summed E-state index contributed by atoms with van der Waals surface area (Å²) in [6.07, 6.45) is -1.81. The molecule has 0 unspecified atom stereocenters. The highest BCUT2D eigenvalue weighted by Crippen LogP contribution is 2.31. The zero-order valence-corrected chi connectivity index (χ0v) is 16.9. The van der Waals surface area contributed by atoms with Gasteiger partial charge < -0.3 is 9.26 Å². The second-order valence-corrected chi connectivity index (χ2v) is 7.01. The van der Waals surface area contributed by atoms with Gasteiger partial charge in [-0.25, -0.2) is 23.3 Å². The maximum Gasteiger partial charge on any atom is 0.416 e. The monoisotopic (exact) mass is 472 g/mol. The van der Waals surface area contributed by atoms with Gasteiger partial charge in [0, 0.05) is 18.0 Å². The molecule has 0 aliphatic carbocycles. The summed E-state index contributed by atoms with van der Waals surface area (Å²) in [6, 6.07) is 9.67. The first kappa shape index (κ1) is 21.3. The lowest BCUT2D eigenvalue weighted by molar-refractivity contribution is -0.137. The van der Waals surface area contributed by atoms with E-state index in [4.69, 9.17) is 9.26 Å². The lowest BCUT2D eigenvalue weighted by Crippen LogP contribution is -2.21. The van der Waals surface area contributed by atoms with Gasteiger partial charge in [0.25, 0.3) is 5.88 Å². The maximum absolute atomic E-state index is 13.1. The van der Waals surface area contributed by atoms with Crippen molar-refractivity contribution in [3.8, 4) is 23.0 Å². The van der Waals surface area contributed by atoms with Gasteiger partial charge in [-0.05, 0) is 36.4 Å². The fourth-order valence-electron chi connectivity index (χ4n) is 3.11. The molecule has 172 valence electrons. The van der Waals surface area contributed by atoms with Crippen LogP contribution in [0, 0.1) is 5.82 Å². The van der Waals surface area contributed by atoms with Crippen molar-refractivity contribution >= 4 is 5.65 Å². The molecule has 2 aromatic carbocycles. The van der Waals surface area contributed by atoms with Crippen LogP contribution in [0.1, 0.15) is 11.5 Å². The van der Waals surface area contributed by atoms with E-state index in [0.717, 1.165) is 16.8 Å². The number of nitrogens with zero attached hydrogens (tertiary/aromatic N) is 6. The van der Waals surface area contributed by atoms with Crippen LogP contribution in [0.4, 0.5) is 17.6 Å². The summed E-state index contributed by atoms with van der Waals surface area (Å²) in [5.41, 5.74) is -1.24. The molecule has 0 aliphatic heterocycles. The Balaban J connectivity index is 1.43. The van der Waals surface area contributed by atoms with E-state index >= 15 is 0 Å². The largest absolute Gasteiger partial charge is 0.436 e. The van der Waals surface area contributed by atoms with E-state index in [9.17, 15) is 22.4 Å². The van der Waals surface area contributed by atoms with Gasteiger partial charge in [0.2, 0.25) is 17.4 Å². The summed E-state index contributed by atoms with van der Waals surface area (Å²) in [4.78, 5) is 20.9. The van der Waals surface area contributed by atoms with Crippen LogP contribution in [-0.4, -0.2) is 29.3 Å². The van der Waals surface area contributed by atoms with Gasteiger partial charge in [0.1, 0.15) is 18.1 Å². The van der Waals surface area contributed by atoms with Gasteiger partial charge in [-0.1, -0.05) is 17.3 Å². The van der Waals surface area contributed by atoms with E-state index in [1.54, 1.807) is 0 Å². The summed E-state index contributed by atoms with van der Waals surface area (Å²) in [7, 11) is 0. The van der Waals surface area contributed by atoms with Crippen LogP contribution in [0.3, 0.4) is 0 Å². The lowest BCUT2D eigenvalue weighted by Gasteiger charge is -2.06. The molecule has 5 aromatic rings. The minimum atomic E-state index is -4.52. The van der Waals surface area contributed by atoms with Crippen LogP contribution >= 0.6 is 0 Å². The second-order valence-electron chi connectivity index (χ2n) is 7.01. The Bertz CT molecular complexity index is 1540. The molecule has 9 nitrogen and oxygen atoms in total. The van der Waals surface area contributed by atoms with E-state index in [-0.39, 0.29) is 41.1 Å². The molecule has 0 amide bonds. The molecule has 0 fully saturated rings. The van der Waals surface area contributed by atoms with Crippen LogP contribution in [0.15, 0.2) is 70.2 Å². The third kappa shape index (κ3) is 4.10. The zero-order valence-electron chi connectivity index (χ0n) is 16.9. The maximum atomic E-state index is 13.1. The van der Waals surface area contributed by atoms with Gasteiger partial charge in [0.05, 0.1) is 5.56 Å². The van der Waals surface area contributed by atoms with Gasteiger partial charge >= 0.3 is 11.9 Å². The van der Waals surface area contributed by atoms with Crippen LogP contribution in [0.25, 0.3) is 17.0 Å². The molecule has 3 aromatic heterocycles. The Hall–Kier alpha value is -4.55. The zero-order chi connectivity index (χ0) is 23.9. The van der Waals surface area contributed by atoms with Gasteiger partial charge in [-0.15, -0.1) is 5.10 Å². The van der Waals surface area contributed by atoms with Crippen molar-refractivity contribution in [2.24, 2.45) is 0 Å². The first-order valence-electron chi connectivity index (χ1n) is 9.66. The molecule has 0 atom stereocenters. The molecule has 0 spiro atoms. The van der Waals surface area contributed by atoms with Crippen molar-refractivity contribution in [2.45, 2.75) is 12.7 Å². The van der Waals surface area contributed by atoms with E-state index in [2.05, 4.69) is 20.2 Å². The molecule has 34 heavy (non-hydrogen) atoms. The number of hydrogen-bond donors (Lipinski definition) is 0. The van der Waals surface area contributed by atoms with Crippen LogP contribution in [0.5, 0.6) is 11.6 Å². The molecule has 0 saturated heterocycles. The average molecular weight is 472 g/mol. The standard InChI is InChI=1S/C21H12F4N6O3/c22-14-4-6-15(7-5-14)33-19-18-28-31(20(32)30(18)9-8-26-19)11-16-27-17(29-34-16)12-2-1-3-13(10-12)21(23,24)25/h1-10H,11H2. The third-order valence-electron chi connectivity index (χ3n) is 4.70. The lowest BCUT2D eigenvalue weighted by atomic mass is 10.1. The molecular formula is C21H12F4N6O3. The Morgan fingerprint density at radius 2 is 1.88 bits per heavy atom. The highest BCUT2D eigenvalue weighted by Gasteiger charge is 2.30. The summed E-state index contributed by atoms with van der Waals surface area (Å²) >= 11 is 0. The fraction of sp³-hybridized carbons (Fsp3) is 0.0952. The minimum Gasteiger partial charge on any atom is -0.436 e. The predicted molar refractivity (Wildman–Crippen MR) is 108 cm³/mol. The first-order valence-corrected chi connectivity index (χ1v) is 9.66. The first-order chi connectivity index (χ1) is 16.3. The van der Waals surface area contributed by atoms with Crippen molar-refractivity contribution in [3.05, 3.63) is 88.7 Å². The van der Waals surface area contributed by atoms with E-state index in [0.29, 0.717) is 0 Å². The molecule has 5 rings (SSSR count). The molecule has 0 radical (unpaired) electrons. The topological polar surface area (TPSA) is 100 Å². The van der Waals surface area contributed by atoms with E-state index in [1.807, 2.05) is 0 Å². The summed E-state index contributed by atoms with van der Waals surface area (Å²) in [5.74, 6) is -0.276. The van der Waals surface area contributed by atoms with Crippen molar-refractivity contribution in [2.75, 3.05) is 0 Å². The predicted octanol–water partition coefficient (Wildman–Crippen LogP) is 3.94. The number of aromatic nitrogens is 6. The van der Waals surface area contributed by atoms with Crippen LogP contribution in [-0.2, 0) is 12.7 Å². The van der Waals surface area contributed by atoms with Crippen molar-refractivity contribution in [1.29, 1.82) is 0 Å². The minimum absolute atomic E-state index is 0.000131. The highest BCUT2D eigenvalue weighted by molar-refractivity contribution is 5.55. The Kier molecular flexibility index (Phi) is 5.07. The van der Waals surface area contributed by atoms with Crippen LogP contribution in [0.2, 0.25) is 0 Å². The number of fused-ring (bicyclic) bond motifs is 1. The number of halogens is 4. The number of hydrogen-bond acceptors (Lipinski definition) is 7. The third-order valence-corrected chi connectivity index (χ3v) is 4.70. The van der Waals surface area contributed by atoms with Crippen molar-refractivity contribution in [1.82, 2.24) is 29.3 Å². The Morgan fingerprint density at radius 3 is 2.65 bits per heavy atom. The number of ether oxygens (including phenoxy) is 1. The molecule has 0 saturated carbocycles. The quantitative estimate of drug-likeness (QED) is 0.357. The fourth-order valence-corrected chi connectivity index (χ4v) is 3.11. The van der Waals surface area contributed by atoms with E-state index < -0.39 is 23.2 Å². The molecule has 3 heterocycles. The molecule has 0 N–H and O–H groups in total. The SMILES string of the molecule is O=c1n(Cc2nc(-c3cccc(C(F)(F)F)c3)no2)nc2c(Oc3ccc(F)cc3)nccn12. The Labute approximate surface area is 186 Å². The van der Waals surface area contributed by atoms with Gasteiger partial charge in [-0.3, -0.25) is 0 Å². The summed E-state index contributed by atoms with van der Waals surface area (Å²) in [5, 5.41) is 7.88. The highest BCUT2D eigenvalue weighted by atomic mass is 19.4. The van der Waals surface area contributed by atoms with Gasteiger partial charge in [-0.2, -0.15) is 18.2 Å². The number of alkyl halides is 3. The average Bonchev–Trinajstić information content (AvgIpc) is 3.41. The Morgan fingerprint density at radius 1 is 1.09 bits per heavy atom. The van der Waals surface area contributed by atoms with E-state index in [1.165, 1.54) is 53.2 Å². The smallest absolute Gasteiger partial charge is 0.416 e.